The first-order valence-electron chi connectivity index (χ1n) is 17.7. The molecule has 1 aromatic carbocycles. The fourth-order valence-corrected chi connectivity index (χ4v) is 7.97. The third-order valence-electron chi connectivity index (χ3n) is 10.9. The molecule has 0 atom stereocenters. The minimum Gasteiger partial charge on any atom is -0.496 e. The molecular weight excluding hydrogens is 592 g/mol. The Morgan fingerprint density at radius 2 is 1.34 bits per heavy atom. The average Bonchev–Trinajstić information content (AvgIpc) is 3.05. The number of carbonyl (C=O) groups excluding carboxylic acids is 1. The highest BCUT2D eigenvalue weighted by Gasteiger charge is 2.32. The second kappa shape index (κ2) is 15.0. The molecule has 260 valence electrons. The van der Waals surface area contributed by atoms with Crippen LogP contribution < -0.4 is 15.0 Å². The van der Waals surface area contributed by atoms with Crippen LogP contribution in [0.25, 0.3) is 11.1 Å². The molecule has 0 radical (unpaired) electrons. The van der Waals surface area contributed by atoms with E-state index in [1.807, 2.05) is 45.7 Å². The summed E-state index contributed by atoms with van der Waals surface area (Å²) in [5.41, 5.74) is 4.44. The molecule has 0 aliphatic carbocycles. The van der Waals surface area contributed by atoms with Gasteiger partial charge < -0.3 is 28.6 Å². The number of carbonyl (C=O) groups is 1. The topological polar surface area (TPSA) is 76.5 Å². The van der Waals surface area contributed by atoms with Gasteiger partial charge in [0, 0.05) is 50.6 Å². The lowest BCUT2D eigenvalue weighted by Crippen LogP contribution is -2.45. The van der Waals surface area contributed by atoms with E-state index in [0.717, 1.165) is 103 Å². The van der Waals surface area contributed by atoms with Crippen LogP contribution in [0.15, 0.2) is 23.1 Å². The van der Waals surface area contributed by atoms with E-state index in [2.05, 4.69) is 21.9 Å². The molecule has 3 saturated heterocycles. The number of likely N-dealkylation sites (tertiary alicyclic amines) is 3. The fourth-order valence-electron chi connectivity index (χ4n) is 7.97. The number of aryl methyl sites for hydroxylation is 1. The molecule has 5 rings (SSSR count). The van der Waals surface area contributed by atoms with Gasteiger partial charge in [-0.2, -0.15) is 0 Å². The Kier molecular flexibility index (Phi) is 11.3. The molecule has 2 aromatic rings. The molecule has 9 heteroatoms. The number of aromatic nitrogens is 1. The first-order valence-corrected chi connectivity index (χ1v) is 17.7. The number of piperidine rings is 3. The Labute approximate surface area is 282 Å². The van der Waals surface area contributed by atoms with E-state index in [4.69, 9.17) is 14.2 Å². The lowest BCUT2D eigenvalue weighted by Gasteiger charge is -2.42. The maximum Gasteiger partial charge on any atom is 0.410 e. The number of pyridine rings is 1. The van der Waals surface area contributed by atoms with Crippen molar-refractivity contribution in [2.45, 2.75) is 85.3 Å². The maximum absolute atomic E-state index is 12.5. The number of rotatable bonds is 8. The van der Waals surface area contributed by atoms with Crippen LogP contribution in [-0.2, 0) is 18.3 Å². The molecule has 47 heavy (non-hydrogen) atoms. The number of ether oxygens (including phenoxy) is 3. The second-order valence-corrected chi connectivity index (χ2v) is 15.2. The molecule has 9 nitrogen and oxygen atoms in total. The summed E-state index contributed by atoms with van der Waals surface area (Å²) in [7, 11) is 5.26. The highest BCUT2D eigenvalue weighted by molar-refractivity contribution is 5.72. The van der Waals surface area contributed by atoms with Crippen molar-refractivity contribution in [3.8, 4) is 22.6 Å². The Hall–Kier alpha value is -3.04. The van der Waals surface area contributed by atoms with E-state index in [0.29, 0.717) is 5.92 Å². The Morgan fingerprint density at radius 3 is 1.85 bits per heavy atom. The van der Waals surface area contributed by atoms with E-state index in [1.165, 1.54) is 38.8 Å². The van der Waals surface area contributed by atoms with Crippen molar-refractivity contribution >= 4 is 6.09 Å². The van der Waals surface area contributed by atoms with Gasteiger partial charge in [0.1, 0.15) is 17.1 Å². The Balaban J connectivity index is 1.10. The minimum absolute atomic E-state index is 0.0322. The monoisotopic (exact) mass is 650 g/mol. The Morgan fingerprint density at radius 1 is 0.809 bits per heavy atom. The molecule has 3 aliphatic rings. The van der Waals surface area contributed by atoms with E-state index in [1.54, 1.807) is 25.8 Å². The summed E-state index contributed by atoms with van der Waals surface area (Å²) in [6, 6.07) is 4.18. The van der Waals surface area contributed by atoms with Crippen molar-refractivity contribution in [1.82, 2.24) is 19.3 Å². The summed E-state index contributed by atoms with van der Waals surface area (Å²) < 4.78 is 19.1. The van der Waals surface area contributed by atoms with Crippen molar-refractivity contribution < 1.29 is 19.0 Å². The lowest BCUT2D eigenvalue weighted by molar-refractivity contribution is 0.0158. The van der Waals surface area contributed by atoms with E-state index in [9.17, 15) is 9.59 Å². The summed E-state index contributed by atoms with van der Waals surface area (Å²) in [5, 5.41) is 0. The standard InChI is InChI=1S/C38H58N4O5/c1-26-27(2)36(43)39(6)24-32(26)31-21-34(45-7)33(35(22-31)46-8)25-41-17-13-30(14-18-41)29-11-15-40(16-12-29)23-28-9-19-42(20-10-28)37(44)47-38(3,4)5/h21-22,24,28-30H,9-20,23,25H2,1-8H3. The molecule has 1 aromatic heterocycles. The van der Waals surface area contributed by atoms with Gasteiger partial charge in [0.05, 0.1) is 19.8 Å². The molecule has 0 bridgehead atoms. The van der Waals surface area contributed by atoms with Gasteiger partial charge in [0.25, 0.3) is 5.56 Å². The third-order valence-corrected chi connectivity index (χ3v) is 10.9. The van der Waals surface area contributed by atoms with Gasteiger partial charge in [-0.3, -0.25) is 9.69 Å². The van der Waals surface area contributed by atoms with Gasteiger partial charge in [-0.05, 0) is 140 Å². The quantitative estimate of drug-likeness (QED) is 0.334. The van der Waals surface area contributed by atoms with Crippen molar-refractivity contribution in [2.75, 3.05) is 60.0 Å². The molecular formula is C38H58N4O5. The Bertz CT molecular complexity index is 1410. The van der Waals surface area contributed by atoms with Crippen LogP contribution in [0, 0.1) is 31.6 Å². The fraction of sp³-hybridized carbons (Fsp3) is 0.684. The number of nitrogens with zero attached hydrogens (tertiary/aromatic N) is 4. The first kappa shape index (κ1) is 35.3. The van der Waals surface area contributed by atoms with Crippen molar-refractivity contribution in [3.63, 3.8) is 0 Å². The molecule has 0 spiro atoms. The maximum atomic E-state index is 12.5. The average molecular weight is 651 g/mol. The zero-order valence-electron chi connectivity index (χ0n) is 30.2. The summed E-state index contributed by atoms with van der Waals surface area (Å²) in [6.07, 6.45) is 8.97. The molecule has 4 heterocycles. The van der Waals surface area contributed by atoms with Crippen molar-refractivity contribution in [1.29, 1.82) is 0 Å². The third kappa shape index (κ3) is 8.52. The first-order chi connectivity index (χ1) is 22.4. The number of benzene rings is 1. The van der Waals surface area contributed by atoms with Gasteiger partial charge in [0.15, 0.2) is 0 Å². The van der Waals surface area contributed by atoms with Gasteiger partial charge in [0.2, 0.25) is 0 Å². The number of hydrogen-bond donors (Lipinski definition) is 0. The lowest BCUT2D eigenvalue weighted by atomic mass is 9.78. The zero-order valence-corrected chi connectivity index (χ0v) is 30.2. The number of hydrogen-bond acceptors (Lipinski definition) is 7. The van der Waals surface area contributed by atoms with Crippen LogP contribution in [0.5, 0.6) is 11.5 Å². The van der Waals surface area contributed by atoms with Crippen molar-refractivity contribution in [3.05, 3.63) is 45.4 Å². The van der Waals surface area contributed by atoms with E-state index in [-0.39, 0.29) is 11.7 Å². The van der Waals surface area contributed by atoms with Crippen molar-refractivity contribution in [2.24, 2.45) is 24.8 Å². The van der Waals surface area contributed by atoms with E-state index < -0.39 is 5.60 Å². The predicted octanol–water partition coefficient (Wildman–Crippen LogP) is 6.26. The van der Waals surface area contributed by atoms with Crippen LogP contribution in [0.4, 0.5) is 4.79 Å². The number of amides is 1. The second-order valence-electron chi connectivity index (χ2n) is 15.2. The molecule has 1 amide bonds. The SMILES string of the molecule is COc1cc(-c2cn(C)c(=O)c(C)c2C)cc(OC)c1CN1CCC(C2CCN(CC3CCN(C(=O)OC(C)(C)C)CC3)CC2)CC1. The molecule has 0 saturated carbocycles. The number of methoxy groups -OCH3 is 2. The largest absolute Gasteiger partial charge is 0.496 e. The normalized spacial score (nSPS) is 19.6. The molecule has 3 fully saturated rings. The highest BCUT2D eigenvalue weighted by atomic mass is 16.6. The van der Waals surface area contributed by atoms with E-state index >= 15 is 0 Å². The predicted molar refractivity (Wildman–Crippen MR) is 187 cm³/mol. The summed E-state index contributed by atoms with van der Waals surface area (Å²) in [6.45, 7) is 17.9. The molecule has 0 unspecified atom stereocenters. The van der Waals surface area contributed by atoms with Gasteiger partial charge in [-0.15, -0.1) is 0 Å². The summed E-state index contributed by atoms with van der Waals surface area (Å²) in [5.74, 6) is 3.95. The van der Waals surface area contributed by atoms with Crippen LogP contribution in [0.3, 0.4) is 0 Å². The molecule has 0 N–H and O–H groups in total. The van der Waals surface area contributed by atoms with Gasteiger partial charge in [-0.1, -0.05) is 0 Å². The highest BCUT2D eigenvalue weighted by Crippen LogP contribution is 2.39. The van der Waals surface area contributed by atoms with Crippen LogP contribution in [0.1, 0.15) is 76.0 Å². The van der Waals surface area contributed by atoms with Crippen LogP contribution in [-0.4, -0.2) is 91.0 Å². The van der Waals surface area contributed by atoms with Gasteiger partial charge >= 0.3 is 6.09 Å². The van der Waals surface area contributed by atoms with Crippen LogP contribution >= 0.6 is 0 Å². The summed E-state index contributed by atoms with van der Waals surface area (Å²) >= 11 is 0. The zero-order chi connectivity index (χ0) is 33.9. The molecule has 3 aliphatic heterocycles. The smallest absolute Gasteiger partial charge is 0.410 e. The van der Waals surface area contributed by atoms with Gasteiger partial charge in [-0.25, -0.2) is 4.79 Å². The van der Waals surface area contributed by atoms with Crippen LogP contribution in [0.2, 0.25) is 0 Å². The summed E-state index contributed by atoms with van der Waals surface area (Å²) in [4.78, 5) is 32.0. The minimum atomic E-state index is -0.436.